The van der Waals surface area contributed by atoms with Gasteiger partial charge in [-0.3, -0.25) is 14.4 Å². The SMILES string of the molecule is C/C=C(\NC(C)C1CC2(CC2)CN1C(=O)C(N)C(C)C)c1ccc2c(c1)C(F)(F)c1cc(-c3ccc4nc(C(C)N(C(=O)C(NC(=O)C(N)C(C)C)C(C)C)C5CCC(C)C5)[nH]c4c3)ccc1-2. The lowest BCUT2D eigenvalue weighted by Gasteiger charge is -2.38. The van der Waals surface area contributed by atoms with Gasteiger partial charge in [0.25, 0.3) is 5.92 Å². The van der Waals surface area contributed by atoms with Crippen molar-refractivity contribution in [2.45, 2.75) is 156 Å². The van der Waals surface area contributed by atoms with E-state index < -0.39 is 30.1 Å². The summed E-state index contributed by atoms with van der Waals surface area (Å²) in [7, 11) is 0. The molecule has 3 aromatic carbocycles. The van der Waals surface area contributed by atoms with Crippen molar-refractivity contribution in [2.75, 3.05) is 6.54 Å². The monoisotopic (exact) mass is 919 g/mol. The molecule has 1 saturated heterocycles. The lowest BCUT2D eigenvalue weighted by atomic mass is 9.97. The van der Waals surface area contributed by atoms with Gasteiger partial charge in [0.15, 0.2) is 0 Å². The number of likely N-dealkylation sites (tertiary alicyclic amines) is 1. The molecule has 7 N–H and O–H groups in total. The molecule has 3 aliphatic carbocycles. The van der Waals surface area contributed by atoms with Crippen LogP contribution in [0, 0.1) is 29.1 Å². The standard InChI is InChI=1S/C54H72F2N8O3/c1-11-42(59-32(9)45-26-53(20-21-53)27-63(45)51(66)47(58)29(4)5)36-14-18-39-38-17-13-34(23-40(38)54(55,56)41(39)24-36)35-15-19-43-44(25-35)61-49(60-43)33(10)64(37-16-12-31(8)22-37)52(67)48(30(6)7)62-50(65)46(57)28(2)3/h11,13-15,17-19,23-25,28-33,37,45-48,59H,12,16,20-22,26-27,57-58H2,1-10H3,(H,60,61)(H,62,65)/b42-11-. The largest absolute Gasteiger partial charge is 0.380 e. The van der Waals surface area contributed by atoms with Crippen molar-refractivity contribution in [3.63, 3.8) is 0 Å². The number of imidazole rings is 1. The Kier molecular flexibility index (Phi) is 13.3. The molecule has 1 spiro atoms. The summed E-state index contributed by atoms with van der Waals surface area (Å²) in [6.07, 6.45) is 7.73. The Bertz CT molecular complexity index is 2560. The zero-order valence-electron chi connectivity index (χ0n) is 41.1. The molecule has 360 valence electrons. The number of nitrogens with one attached hydrogen (secondary N) is 3. The van der Waals surface area contributed by atoms with Crippen molar-refractivity contribution in [1.29, 1.82) is 0 Å². The average Bonchev–Trinajstić information content (AvgIpc) is 3.57. The van der Waals surface area contributed by atoms with Gasteiger partial charge in [-0.05, 0) is 140 Å². The van der Waals surface area contributed by atoms with E-state index in [1.54, 1.807) is 24.3 Å². The number of aromatic amines is 1. The van der Waals surface area contributed by atoms with Crippen molar-refractivity contribution < 1.29 is 23.2 Å². The van der Waals surface area contributed by atoms with Gasteiger partial charge in [0, 0.05) is 35.5 Å². The molecule has 1 aliphatic heterocycles. The van der Waals surface area contributed by atoms with Gasteiger partial charge in [0.2, 0.25) is 17.7 Å². The van der Waals surface area contributed by atoms with Gasteiger partial charge < -0.3 is 36.9 Å². The third kappa shape index (κ3) is 9.14. The van der Waals surface area contributed by atoms with Gasteiger partial charge in [-0.1, -0.05) is 84.9 Å². The summed E-state index contributed by atoms with van der Waals surface area (Å²) in [5.74, 6) is -2.93. The second-order valence-electron chi connectivity index (χ2n) is 21.6. The number of benzene rings is 3. The molecule has 8 rings (SSSR count). The molecular formula is C54H72F2N8O3. The molecule has 0 radical (unpaired) electrons. The number of carbonyl (C=O) groups is 3. The zero-order chi connectivity index (χ0) is 48.4. The number of rotatable bonds is 15. The number of allylic oxidation sites excluding steroid dienone is 1. The number of H-pyrrole nitrogens is 1. The fraction of sp³-hybridized carbons (Fsp3) is 0.556. The summed E-state index contributed by atoms with van der Waals surface area (Å²) >= 11 is 0. The van der Waals surface area contributed by atoms with Crippen LogP contribution in [-0.4, -0.2) is 80.3 Å². The van der Waals surface area contributed by atoms with E-state index in [4.69, 9.17) is 16.5 Å². The molecule has 0 bridgehead atoms. The number of hydrogen-bond donors (Lipinski definition) is 5. The highest BCUT2D eigenvalue weighted by molar-refractivity contribution is 5.91. The Hall–Kier alpha value is -5.14. The molecule has 8 unspecified atom stereocenters. The highest BCUT2D eigenvalue weighted by Crippen LogP contribution is 2.56. The van der Waals surface area contributed by atoms with Crippen LogP contribution in [0.3, 0.4) is 0 Å². The molecule has 67 heavy (non-hydrogen) atoms. The van der Waals surface area contributed by atoms with E-state index >= 15 is 8.78 Å². The van der Waals surface area contributed by atoms with Crippen LogP contribution >= 0.6 is 0 Å². The van der Waals surface area contributed by atoms with Gasteiger partial charge >= 0.3 is 0 Å². The van der Waals surface area contributed by atoms with Crippen molar-refractivity contribution in [3.8, 4) is 22.3 Å². The number of hydrogen-bond acceptors (Lipinski definition) is 7. The second-order valence-corrected chi connectivity index (χ2v) is 21.6. The maximum atomic E-state index is 16.8. The number of nitrogens with zero attached hydrogens (tertiary/aromatic N) is 3. The molecule has 11 nitrogen and oxygen atoms in total. The number of fused-ring (bicyclic) bond motifs is 4. The first-order chi connectivity index (χ1) is 31.6. The van der Waals surface area contributed by atoms with E-state index in [9.17, 15) is 14.4 Å². The molecule has 3 amide bonds. The van der Waals surface area contributed by atoms with Crippen molar-refractivity contribution in [2.24, 2.45) is 40.6 Å². The number of nitrogens with two attached hydrogens (primary N) is 2. The molecule has 1 aromatic heterocycles. The van der Waals surface area contributed by atoms with Crippen LogP contribution in [0.2, 0.25) is 0 Å². The van der Waals surface area contributed by atoms with Crippen molar-refractivity contribution >= 4 is 34.5 Å². The maximum absolute atomic E-state index is 16.8. The third-order valence-corrected chi connectivity index (χ3v) is 15.6. The van der Waals surface area contributed by atoms with Crippen molar-refractivity contribution in [1.82, 2.24) is 30.4 Å². The molecular weight excluding hydrogens is 847 g/mol. The maximum Gasteiger partial charge on any atom is 0.299 e. The number of halogens is 2. The van der Waals surface area contributed by atoms with Gasteiger partial charge in [0.1, 0.15) is 11.9 Å². The minimum absolute atomic E-state index is 0.0192. The average molecular weight is 919 g/mol. The second kappa shape index (κ2) is 18.4. The van der Waals surface area contributed by atoms with E-state index in [0.29, 0.717) is 46.1 Å². The fourth-order valence-corrected chi connectivity index (χ4v) is 10.9. The fourth-order valence-electron chi connectivity index (χ4n) is 10.9. The van der Waals surface area contributed by atoms with Crippen LogP contribution in [-0.2, 0) is 20.3 Å². The minimum Gasteiger partial charge on any atom is -0.380 e. The van der Waals surface area contributed by atoms with Crippen LogP contribution in [0.4, 0.5) is 8.78 Å². The van der Waals surface area contributed by atoms with Gasteiger partial charge in [0.05, 0.1) is 35.2 Å². The summed E-state index contributed by atoms with van der Waals surface area (Å²) in [6.45, 7) is 20.4. The Morgan fingerprint density at radius 1 is 0.851 bits per heavy atom. The summed E-state index contributed by atoms with van der Waals surface area (Å²) < 4.78 is 33.5. The Morgan fingerprint density at radius 2 is 1.49 bits per heavy atom. The van der Waals surface area contributed by atoms with Crippen LogP contribution < -0.4 is 22.1 Å². The minimum atomic E-state index is -3.25. The van der Waals surface area contributed by atoms with E-state index in [0.717, 1.165) is 55.3 Å². The molecule has 2 heterocycles. The Labute approximate surface area is 395 Å². The number of aromatic nitrogens is 2. The molecule has 13 heteroatoms. The van der Waals surface area contributed by atoms with Gasteiger partial charge in [-0.25, -0.2) is 4.98 Å². The number of alkyl halides is 2. The van der Waals surface area contributed by atoms with Gasteiger partial charge in [-0.15, -0.1) is 0 Å². The summed E-state index contributed by atoms with van der Waals surface area (Å²) in [5, 5.41) is 6.60. The topological polar surface area (TPSA) is 162 Å². The first-order valence-electron chi connectivity index (χ1n) is 24.7. The van der Waals surface area contributed by atoms with Crippen LogP contribution in [0.25, 0.3) is 39.0 Å². The lowest BCUT2D eigenvalue weighted by molar-refractivity contribution is -0.142. The predicted octanol–water partition coefficient (Wildman–Crippen LogP) is 9.26. The summed E-state index contributed by atoms with van der Waals surface area (Å²) in [6, 6.07) is 13.6. The quantitative estimate of drug-likeness (QED) is 0.0794. The molecule has 8 atom stereocenters. The number of amides is 3. The Morgan fingerprint density at radius 3 is 2.10 bits per heavy atom. The highest BCUT2D eigenvalue weighted by Gasteiger charge is 2.55. The van der Waals surface area contributed by atoms with Crippen LogP contribution in [0.5, 0.6) is 0 Å². The van der Waals surface area contributed by atoms with Crippen molar-refractivity contribution in [3.05, 3.63) is 83.2 Å². The normalized spacial score (nSPS) is 22.8. The Balaban J connectivity index is 1.02. The van der Waals surface area contributed by atoms with E-state index in [-0.39, 0.29) is 70.1 Å². The third-order valence-electron chi connectivity index (χ3n) is 15.6. The highest BCUT2D eigenvalue weighted by atomic mass is 19.3. The van der Waals surface area contributed by atoms with Gasteiger partial charge in [-0.2, -0.15) is 8.78 Å². The predicted molar refractivity (Wildman–Crippen MR) is 262 cm³/mol. The van der Waals surface area contributed by atoms with E-state index in [2.05, 4.69) is 29.5 Å². The summed E-state index contributed by atoms with van der Waals surface area (Å²) in [4.78, 5) is 53.7. The summed E-state index contributed by atoms with van der Waals surface area (Å²) in [5.41, 5.74) is 17.9. The van der Waals surface area contributed by atoms with E-state index in [1.165, 1.54) is 0 Å². The number of carbonyl (C=O) groups excluding carboxylic acids is 3. The zero-order valence-corrected chi connectivity index (χ0v) is 41.1. The van der Waals surface area contributed by atoms with E-state index in [1.807, 2.05) is 102 Å². The molecule has 2 saturated carbocycles. The molecule has 3 fully saturated rings. The first kappa shape index (κ1) is 48.3. The van der Waals surface area contributed by atoms with Crippen LogP contribution in [0.1, 0.15) is 136 Å². The molecule has 4 aliphatic rings. The lowest BCUT2D eigenvalue weighted by Crippen LogP contribution is -2.57. The first-order valence-corrected chi connectivity index (χ1v) is 24.7. The molecule has 4 aromatic rings. The smallest absolute Gasteiger partial charge is 0.299 e. The van der Waals surface area contributed by atoms with Crippen LogP contribution in [0.15, 0.2) is 60.7 Å².